The molecule has 0 amide bonds. The molecular weight excluding hydrogens is 167 g/mol. The molecule has 0 spiro atoms. The fourth-order valence-electron chi connectivity index (χ4n) is 0.724. The van der Waals surface area contributed by atoms with E-state index < -0.39 is 0 Å². The van der Waals surface area contributed by atoms with E-state index in [1.165, 1.54) is 0 Å². The van der Waals surface area contributed by atoms with E-state index in [1.54, 1.807) is 21.6 Å². The lowest BCUT2D eigenvalue weighted by molar-refractivity contribution is 0.438. The third-order valence-corrected chi connectivity index (χ3v) is 3.90. The molecule has 3 heteroatoms. The Hall–Kier alpha value is 0.630. The van der Waals surface area contributed by atoms with Crippen LogP contribution in [0.2, 0.25) is 0 Å². The predicted molar refractivity (Wildman–Crippen MR) is 50.3 cm³/mol. The fourth-order valence-corrected chi connectivity index (χ4v) is 3.08. The van der Waals surface area contributed by atoms with Crippen molar-refractivity contribution in [2.45, 2.75) is 25.5 Å². The van der Waals surface area contributed by atoms with Gasteiger partial charge in [0.25, 0.3) is 0 Å². The molecule has 1 atom stereocenters. The van der Waals surface area contributed by atoms with E-state index in [0.717, 1.165) is 0 Å². The second-order valence-corrected chi connectivity index (χ2v) is 5.23. The standard InChI is InChI=1S/C7H15FS2/c1-6(2)7(4-5-8)10-9-3/h6-7H,4-5H2,1-3H3/t7-/m0/s1. The summed E-state index contributed by atoms with van der Waals surface area (Å²) in [5, 5.41) is 0.486. The Bertz CT molecular complexity index is 70.0. The predicted octanol–water partition coefficient (Wildman–Crippen LogP) is 3.38. The Kier molecular flexibility index (Phi) is 6.75. The fraction of sp³-hybridized carbons (Fsp3) is 1.00. The number of rotatable bonds is 5. The number of hydrogen-bond donors (Lipinski definition) is 0. The highest BCUT2D eigenvalue weighted by Crippen LogP contribution is 2.31. The van der Waals surface area contributed by atoms with Gasteiger partial charge in [-0.2, -0.15) is 0 Å². The van der Waals surface area contributed by atoms with Crippen molar-refractivity contribution in [3.8, 4) is 0 Å². The van der Waals surface area contributed by atoms with Crippen LogP contribution < -0.4 is 0 Å². The zero-order valence-corrected chi connectivity index (χ0v) is 8.40. The van der Waals surface area contributed by atoms with Gasteiger partial charge in [-0.25, -0.2) is 0 Å². The Morgan fingerprint density at radius 3 is 2.30 bits per heavy atom. The first-order valence-electron chi connectivity index (χ1n) is 3.47. The van der Waals surface area contributed by atoms with Crippen LogP contribution in [0, 0.1) is 5.92 Å². The van der Waals surface area contributed by atoms with Crippen molar-refractivity contribution in [2.75, 3.05) is 12.9 Å². The van der Waals surface area contributed by atoms with Gasteiger partial charge in [0, 0.05) is 5.25 Å². The van der Waals surface area contributed by atoms with Crippen LogP contribution in [0.4, 0.5) is 4.39 Å². The van der Waals surface area contributed by atoms with Crippen LogP contribution in [-0.4, -0.2) is 18.2 Å². The van der Waals surface area contributed by atoms with Gasteiger partial charge in [-0.15, -0.1) is 0 Å². The maximum Gasteiger partial charge on any atom is 0.0905 e. The second-order valence-electron chi connectivity index (χ2n) is 2.52. The average molecular weight is 182 g/mol. The molecule has 0 nitrogen and oxygen atoms in total. The number of hydrogen-bond acceptors (Lipinski definition) is 2. The molecule has 0 radical (unpaired) electrons. The molecule has 0 aromatic rings. The van der Waals surface area contributed by atoms with Crippen molar-refractivity contribution < 1.29 is 4.39 Å². The lowest BCUT2D eigenvalue weighted by Gasteiger charge is -2.16. The minimum Gasteiger partial charge on any atom is -0.251 e. The van der Waals surface area contributed by atoms with Crippen molar-refractivity contribution in [3.63, 3.8) is 0 Å². The van der Waals surface area contributed by atoms with E-state index in [2.05, 4.69) is 13.8 Å². The average Bonchev–Trinajstić information content (AvgIpc) is 1.87. The first kappa shape index (κ1) is 10.6. The summed E-state index contributed by atoms with van der Waals surface area (Å²) in [5.74, 6) is 0.591. The molecule has 0 rings (SSSR count). The summed E-state index contributed by atoms with van der Waals surface area (Å²) in [6.45, 7) is 4.10. The molecule has 0 aliphatic rings. The normalized spacial score (nSPS) is 14.1. The summed E-state index contributed by atoms with van der Waals surface area (Å²) in [6.07, 6.45) is 2.74. The molecule has 0 bridgehead atoms. The molecule has 0 heterocycles. The van der Waals surface area contributed by atoms with E-state index in [-0.39, 0.29) is 6.67 Å². The largest absolute Gasteiger partial charge is 0.251 e. The zero-order chi connectivity index (χ0) is 7.98. The molecule has 0 saturated carbocycles. The lowest BCUT2D eigenvalue weighted by atomic mass is 10.1. The maximum atomic E-state index is 11.9. The van der Waals surface area contributed by atoms with Crippen LogP contribution in [0.3, 0.4) is 0 Å². The van der Waals surface area contributed by atoms with Crippen LogP contribution in [0.5, 0.6) is 0 Å². The Morgan fingerprint density at radius 1 is 1.40 bits per heavy atom. The van der Waals surface area contributed by atoms with Gasteiger partial charge in [0.05, 0.1) is 6.67 Å². The molecule has 0 aromatic carbocycles. The summed E-state index contributed by atoms with van der Waals surface area (Å²) in [6, 6.07) is 0. The Morgan fingerprint density at radius 2 is 2.00 bits per heavy atom. The molecule has 62 valence electrons. The van der Waals surface area contributed by atoms with Gasteiger partial charge in [0.2, 0.25) is 0 Å². The molecule has 0 saturated heterocycles. The van der Waals surface area contributed by atoms with E-state index in [4.69, 9.17) is 0 Å². The number of alkyl halides is 1. The smallest absolute Gasteiger partial charge is 0.0905 e. The third-order valence-electron chi connectivity index (χ3n) is 1.36. The quantitative estimate of drug-likeness (QED) is 0.598. The number of halogens is 1. The van der Waals surface area contributed by atoms with Gasteiger partial charge in [0.1, 0.15) is 0 Å². The summed E-state index contributed by atoms with van der Waals surface area (Å²) >= 11 is 0. The van der Waals surface area contributed by atoms with Crippen LogP contribution in [0.25, 0.3) is 0 Å². The highest BCUT2D eigenvalue weighted by atomic mass is 33.1. The highest BCUT2D eigenvalue weighted by molar-refractivity contribution is 8.76. The SMILES string of the molecule is CSS[C@@H](CCF)C(C)C. The van der Waals surface area contributed by atoms with Crippen LogP contribution >= 0.6 is 21.6 Å². The van der Waals surface area contributed by atoms with Gasteiger partial charge in [-0.3, -0.25) is 4.39 Å². The van der Waals surface area contributed by atoms with Gasteiger partial charge < -0.3 is 0 Å². The minimum atomic E-state index is -0.184. The molecule has 10 heavy (non-hydrogen) atoms. The topological polar surface area (TPSA) is 0 Å². The summed E-state index contributed by atoms with van der Waals surface area (Å²) in [7, 11) is 3.51. The second kappa shape index (κ2) is 6.35. The van der Waals surface area contributed by atoms with Crippen molar-refractivity contribution in [1.29, 1.82) is 0 Å². The van der Waals surface area contributed by atoms with E-state index >= 15 is 0 Å². The van der Waals surface area contributed by atoms with Crippen molar-refractivity contribution in [3.05, 3.63) is 0 Å². The summed E-state index contributed by atoms with van der Waals surface area (Å²) in [4.78, 5) is 0. The summed E-state index contributed by atoms with van der Waals surface area (Å²) < 4.78 is 11.9. The van der Waals surface area contributed by atoms with Gasteiger partial charge in [-0.1, -0.05) is 35.4 Å². The molecule has 0 aromatic heterocycles. The van der Waals surface area contributed by atoms with Gasteiger partial charge >= 0.3 is 0 Å². The monoisotopic (exact) mass is 182 g/mol. The highest BCUT2D eigenvalue weighted by Gasteiger charge is 2.12. The molecular formula is C7H15FS2. The van der Waals surface area contributed by atoms with Crippen LogP contribution in [0.1, 0.15) is 20.3 Å². The van der Waals surface area contributed by atoms with Gasteiger partial charge in [0.15, 0.2) is 0 Å². The van der Waals surface area contributed by atoms with Crippen molar-refractivity contribution in [1.82, 2.24) is 0 Å². The maximum absolute atomic E-state index is 11.9. The van der Waals surface area contributed by atoms with Crippen molar-refractivity contribution in [2.24, 2.45) is 5.92 Å². The van der Waals surface area contributed by atoms with E-state index in [0.29, 0.717) is 17.6 Å². The molecule has 0 aliphatic carbocycles. The van der Waals surface area contributed by atoms with Crippen LogP contribution in [-0.2, 0) is 0 Å². The first-order valence-corrected chi connectivity index (χ1v) is 6.10. The molecule has 0 aliphatic heterocycles. The minimum absolute atomic E-state index is 0.184. The van der Waals surface area contributed by atoms with Gasteiger partial charge in [-0.05, 0) is 18.6 Å². The molecule has 0 fully saturated rings. The molecule has 0 N–H and O–H groups in total. The molecule has 0 unspecified atom stereocenters. The van der Waals surface area contributed by atoms with E-state index in [9.17, 15) is 4.39 Å². The summed E-state index contributed by atoms with van der Waals surface area (Å²) in [5.41, 5.74) is 0. The lowest BCUT2D eigenvalue weighted by Crippen LogP contribution is -2.10. The Labute approximate surface area is 70.7 Å². The van der Waals surface area contributed by atoms with E-state index in [1.807, 2.05) is 6.26 Å². The zero-order valence-electron chi connectivity index (χ0n) is 6.76. The van der Waals surface area contributed by atoms with Crippen molar-refractivity contribution >= 4 is 21.6 Å². The third kappa shape index (κ3) is 4.45. The Balaban J connectivity index is 3.50. The first-order chi connectivity index (χ1) is 4.72. The van der Waals surface area contributed by atoms with Crippen LogP contribution in [0.15, 0.2) is 0 Å².